The average Bonchev–Trinajstić information content (AvgIpc) is 2.78. The van der Waals surface area contributed by atoms with E-state index in [1.807, 2.05) is 22.8 Å². The minimum atomic E-state index is 0.642. The number of hydrogen-bond acceptors (Lipinski definition) is 3. The van der Waals surface area contributed by atoms with Gasteiger partial charge in [-0.15, -0.1) is 10.2 Å². The summed E-state index contributed by atoms with van der Waals surface area (Å²) in [6, 6.07) is 10.1. The van der Waals surface area contributed by atoms with Gasteiger partial charge < -0.3 is 5.32 Å². The normalized spacial score (nSPS) is 11.0. The van der Waals surface area contributed by atoms with Crippen LogP contribution in [0.2, 0.25) is 0 Å². The van der Waals surface area contributed by atoms with Crippen LogP contribution in [0.1, 0.15) is 19.7 Å². The maximum atomic E-state index is 4.14. The topological polar surface area (TPSA) is 42.7 Å². The minimum Gasteiger partial charge on any atom is -0.310 e. The van der Waals surface area contributed by atoms with E-state index in [1.165, 1.54) is 0 Å². The van der Waals surface area contributed by atoms with Gasteiger partial charge in [0, 0.05) is 5.69 Å². The molecule has 0 saturated heterocycles. The van der Waals surface area contributed by atoms with Gasteiger partial charge in [0.1, 0.15) is 6.33 Å². The first-order valence-electron chi connectivity index (χ1n) is 5.92. The molecule has 0 unspecified atom stereocenters. The van der Waals surface area contributed by atoms with Crippen molar-refractivity contribution < 1.29 is 0 Å². The first-order valence-corrected chi connectivity index (χ1v) is 5.92. The maximum absolute atomic E-state index is 4.14. The lowest BCUT2D eigenvalue weighted by atomic mass is 10.2. The molecule has 0 aliphatic heterocycles. The Morgan fingerprint density at radius 2 is 2.00 bits per heavy atom. The van der Waals surface area contributed by atoms with E-state index in [0.29, 0.717) is 5.92 Å². The van der Waals surface area contributed by atoms with Crippen molar-refractivity contribution in [1.82, 2.24) is 20.1 Å². The third-order valence-corrected chi connectivity index (χ3v) is 2.49. The fourth-order valence-corrected chi connectivity index (χ4v) is 1.66. The summed E-state index contributed by atoms with van der Waals surface area (Å²) in [5, 5.41) is 11.5. The predicted molar refractivity (Wildman–Crippen MR) is 67.9 cm³/mol. The SMILES string of the molecule is CC(C)CNCc1nncn1-c1ccccc1. The molecule has 1 heterocycles. The number of nitrogens with zero attached hydrogens (tertiary/aromatic N) is 3. The molecule has 0 bridgehead atoms. The van der Waals surface area contributed by atoms with Gasteiger partial charge in [0.25, 0.3) is 0 Å². The summed E-state index contributed by atoms with van der Waals surface area (Å²) < 4.78 is 2.01. The Balaban J connectivity index is 2.07. The summed E-state index contributed by atoms with van der Waals surface area (Å²) in [6.07, 6.45) is 1.75. The highest BCUT2D eigenvalue weighted by Crippen LogP contribution is 2.08. The van der Waals surface area contributed by atoms with Gasteiger partial charge >= 0.3 is 0 Å². The third kappa shape index (κ3) is 3.14. The smallest absolute Gasteiger partial charge is 0.151 e. The van der Waals surface area contributed by atoms with Crippen LogP contribution in [0.3, 0.4) is 0 Å². The predicted octanol–water partition coefficient (Wildman–Crippen LogP) is 2.01. The molecule has 17 heavy (non-hydrogen) atoms. The number of hydrogen-bond donors (Lipinski definition) is 1. The van der Waals surface area contributed by atoms with E-state index < -0.39 is 0 Å². The second-order valence-corrected chi connectivity index (χ2v) is 4.48. The van der Waals surface area contributed by atoms with Crippen LogP contribution in [0.25, 0.3) is 5.69 Å². The number of aromatic nitrogens is 3. The van der Waals surface area contributed by atoms with Gasteiger partial charge in [0.05, 0.1) is 6.54 Å². The van der Waals surface area contributed by atoms with Crippen molar-refractivity contribution in [3.8, 4) is 5.69 Å². The van der Waals surface area contributed by atoms with Crippen LogP contribution in [-0.2, 0) is 6.54 Å². The largest absolute Gasteiger partial charge is 0.310 e. The van der Waals surface area contributed by atoms with Crippen LogP contribution in [0.15, 0.2) is 36.7 Å². The van der Waals surface area contributed by atoms with Gasteiger partial charge in [-0.05, 0) is 24.6 Å². The lowest BCUT2D eigenvalue weighted by Crippen LogP contribution is -2.21. The Kier molecular flexibility index (Phi) is 3.88. The Morgan fingerprint density at radius 3 is 2.71 bits per heavy atom. The van der Waals surface area contributed by atoms with Crippen LogP contribution < -0.4 is 5.32 Å². The van der Waals surface area contributed by atoms with Crippen LogP contribution in [0.4, 0.5) is 0 Å². The molecule has 2 rings (SSSR count). The van der Waals surface area contributed by atoms with Crippen molar-refractivity contribution in [1.29, 1.82) is 0 Å². The van der Waals surface area contributed by atoms with E-state index in [9.17, 15) is 0 Å². The van der Waals surface area contributed by atoms with Crippen molar-refractivity contribution in [2.75, 3.05) is 6.54 Å². The van der Waals surface area contributed by atoms with Gasteiger partial charge in [0.15, 0.2) is 5.82 Å². The van der Waals surface area contributed by atoms with E-state index in [2.05, 4.69) is 41.5 Å². The highest BCUT2D eigenvalue weighted by Gasteiger charge is 2.05. The highest BCUT2D eigenvalue weighted by atomic mass is 15.3. The molecule has 0 atom stereocenters. The summed E-state index contributed by atoms with van der Waals surface area (Å²) in [4.78, 5) is 0. The number of rotatable bonds is 5. The van der Waals surface area contributed by atoms with Crippen LogP contribution in [0.5, 0.6) is 0 Å². The zero-order valence-corrected chi connectivity index (χ0v) is 10.3. The molecule has 1 aromatic carbocycles. The molecule has 4 heteroatoms. The summed E-state index contributed by atoms with van der Waals surface area (Å²) >= 11 is 0. The summed E-state index contributed by atoms with van der Waals surface area (Å²) in [6.45, 7) is 6.11. The van der Waals surface area contributed by atoms with Crippen molar-refractivity contribution in [3.05, 3.63) is 42.5 Å². The average molecular weight is 230 g/mol. The van der Waals surface area contributed by atoms with Crippen molar-refractivity contribution >= 4 is 0 Å². The molecular weight excluding hydrogens is 212 g/mol. The number of nitrogens with one attached hydrogen (secondary N) is 1. The molecule has 0 aliphatic rings. The van der Waals surface area contributed by atoms with Crippen molar-refractivity contribution in [2.45, 2.75) is 20.4 Å². The highest BCUT2D eigenvalue weighted by molar-refractivity contribution is 5.31. The van der Waals surface area contributed by atoms with Gasteiger partial charge in [0.2, 0.25) is 0 Å². The van der Waals surface area contributed by atoms with E-state index >= 15 is 0 Å². The molecule has 4 nitrogen and oxygen atoms in total. The molecule has 1 aromatic heterocycles. The van der Waals surface area contributed by atoms with Gasteiger partial charge in [-0.2, -0.15) is 0 Å². The zero-order chi connectivity index (χ0) is 12.1. The zero-order valence-electron chi connectivity index (χ0n) is 10.3. The lowest BCUT2D eigenvalue weighted by Gasteiger charge is -2.08. The van der Waals surface area contributed by atoms with Crippen molar-refractivity contribution in [2.24, 2.45) is 5.92 Å². The van der Waals surface area contributed by atoms with Crippen molar-refractivity contribution in [3.63, 3.8) is 0 Å². The van der Waals surface area contributed by atoms with Gasteiger partial charge in [-0.1, -0.05) is 32.0 Å². The first-order chi connectivity index (χ1) is 8.27. The molecule has 0 saturated carbocycles. The lowest BCUT2D eigenvalue weighted by molar-refractivity contribution is 0.540. The molecule has 0 fully saturated rings. The molecule has 0 radical (unpaired) electrons. The Morgan fingerprint density at radius 1 is 1.24 bits per heavy atom. The first kappa shape index (κ1) is 11.8. The van der Waals surface area contributed by atoms with E-state index in [0.717, 1.165) is 24.6 Å². The third-order valence-electron chi connectivity index (χ3n) is 2.49. The second kappa shape index (κ2) is 5.59. The summed E-state index contributed by atoms with van der Waals surface area (Å²) in [5.74, 6) is 1.58. The number of para-hydroxylation sites is 1. The molecule has 0 amide bonds. The number of benzene rings is 1. The Hall–Kier alpha value is -1.68. The maximum Gasteiger partial charge on any atom is 0.151 e. The monoisotopic (exact) mass is 230 g/mol. The second-order valence-electron chi connectivity index (χ2n) is 4.48. The molecule has 0 spiro atoms. The van der Waals surface area contributed by atoms with E-state index in [1.54, 1.807) is 6.33 Å². The fourth-order valence-electron chi connectivity index (χ4n) is 1.66. The van der Waals surface area contributed by atoms with E-state index in [4.69, 9.17) is 0 Å². The summed E-state index contributed by atoms with van der Waals surface area (Å²) in [5.41, 5.74) is 1.10. The van der Waals surface area contributed by atoms with Crippen LogP contribution >= 0.6 is 0 Å². The molecule has 1 N–H and O–H groups in total. The molecule has 2 aromatic rings. The minimum absolute atomic E-state index is 0.642. The van der Waals surface area contributed by atoms with Crippen LogP contribution in [-0.4, -0.2) is 21.3 Å². The molecule has 0 aliphatic carbocycles. The summed E-state index contributed by atoms with van der Waals surface area (Å²) in [7, 11) is 0. The fraction of sp³-hybridized carbons (Fsp3) is 0.385. The van der Waals surface area contributed by atoms with E-state index in [-0.39, 0.29) is 0 Å². The Labute approximate surface area is 102 Å². The standard InChI is InChI=1S/C13H18N4/c1-11(2)8-14-9-13-16-15-10-17(13)12-6-4-3-5-7-12/h3-7,10-11,14H,8-9H2,1-2H3. The van der Waals surface area contributed by atoms with Gasteiger partial charge in [-0.25, -0.2) is 0 Å². The molecule has 90 valence electrons. The quantitative estimate of drug-likeness (QED) is 0.854. The van der Waals surface area contributed by atoms with Crippen LogP contribution in [0, 0.1) is 5.92 Å². The van der Waals surface area contributed by atoms with Gasteiger partial charge in [-0.3, -0.25) is 4.57 Å². The Bertz CT molecular complexity index is 447. The molecular formula is C13H18N4.